The highest BCUT2D eigenvalue weighted by molar-refractivity contribution is 7.47. The van der Waals surface area contributed by atoms with E-state index in [9.17, 15) is 19.0 Å². The van der Waals surface area contributed by atoms with E-state index in [4.69, 9.17) is 13.8 Å². The number of rotatable bonds is 64. The van der Waals surface area contributed by atoms with Crippen molar-refractivity contribution in [3.05, 3.63) is 48.6 Å². The molecule has 0 saturated heterocycles. The van der Waals surface area contributed by atoms with E-state index in [1.54, 1.807) is 0 Å². The lowest BCUT2D eigenvalue weighted by molar-refractivity contribution is -0.870. The van der Waals surface area contributed by atoms with Crippen LogP contribution in [0.15, 0.2) is 48.6 Å². The second kappa shape index (κ2) is 61.1. The zero-order valence-electron chi connectivity index (χ0n) is 54.5. The van der Waals surface area contributed by atoms with Crippen LogP contribution in [-0.4, -0.2) is 74.3 Å². The average molecular weight is 1160 g/mol. The van der Waals surface area contributed by atoms with Crippen molar-refractivity contribution in [2.45, 2.75) is 354 Å². The van der Waals surface area contributed by atoms with E-state index in [2.05, 4.69) is 62.5 Å². The molecule has 0 spiro atoms. The van der Waals surface area contributed by atoms with Crippen molar-refractivity contribution in [1.29, 1.82) is 0 Å². The Bertz CT molecular complexity index is 1520. The number of carbonyl (C=O) groups is 2. The van der Waals surface area contributed by atoms with Gasteiger partial charge < -0.3 is 19.4 Å². The number of phosphoric acid groups is 1. The van der Waals surface area contributed by atoms with Crippen molar-refractivity contribution in [2.75, 3.05) is 40.9 Å². The fourth-order valence-electron chi connectivity index (χ4n) is 10.4. The molecular weight excluding hydrogens is 1020 g/mol. The minimum atomic E-state index is -4.45. The van der Waals surface area contributed by atoms with Crippen LogP contribution in [-0.2, 0) is 27.9 Å². The minimum absolute atomic E-state index is 0.0400. The lowest BCUT2D eigenvalue weighted by Gasteiger charge is -2.27. The van der Waals surface area contributed by atoms with Gasteiger partial charge in [-0.3, -0.25) is 18.6 Å². The van der Waals surface area contributed by atoms with Crippen LogP contribution in [0.4, 0.5) is 0 Å². The van der Waals surface area contributed by atoms with Crippen molar-refractivity contribution in [2.24, 2.45) is 0 Å². The molecule has 1 amide bonds. The largest absolute Gasteiger partial charge is 0.472 e. The van der Waals surface area contributed by atoms with E-state index in [1.807, 2.05) is 33.3 Å². The number of allylic oxidation sites excluding steroid dienone is 7. The molecule has 2 N–H and O–H groups in total. The van der Waals surface area contributed by atoms with Gasteiger partial charge in [0.15, 0.2) is 0 Å². The molecule has 9 nitrogen and oxygen atoms in total. The van der Waals surface area contributed by atoms with Crippen LogP contribution in [0.2, 0.25) is 0 Å². The molecule has 0 heterocycles. The van der Waals surface area contributed by atoms with E-state index in [1.165, 1.54) is 225 Å². The maximum Gasteiger partial charge on any atom is 0.472 e. The Morgan fingerprint density at radius 2 is 0.753 bits per heavy atom. The van der Waals surface area contributed by atoms with Gasteiger partial charge in [-0.1, -0.05) is 307 Å². The second-order valence-corrected chi connectivity index (χ2v) is 26.5. The number of amides is 1. The van der Waals surface area contributed by atoms with Crippen molar-refractivity contribution in [1.82, 2.24) is 5.32 Å². The van der Waals surface area contributed by atoms with Crippen LogP contribution < -0.4 is 5.32 Å². The molecule has 0 radical (unpaired) electrons. The van der Waals surface area contributed by atoms with Gasteiger partial charge in [0, 0.05) is 12.8 Å². The van der Waals surface area contributed by atoms with E-state index in [0.717, 1.165) is 83.5 Å². The Hall–Kier alpha value is -2.03. The number of esters is 1. The maximum absolute atomic E-state index is 13.6. The van der Waals surface area contributed by atoms with Gasteiger partial charge in [0.25, 0.3) is 0 Å². The average Bonchev–Trinajstić information content (AvgIpc) is 3.44. The third-order valence-electron chi connectivity index (χ3n) is 15.8. The van der Waals surface area contributed by atoms with Gasteiger partial charge in [-0.05, 0) is 70.3 Å². The van der Waals surface area contributed by atoms with Crippen LogP contribution in [0.3, 0.4) is 0 Å². The monoisotopic (exact) mass is 1160 g/mol. The predicted octanol–water partition coefficient (Wildman–Crippen LogP) is 22.0. The van der Waals surface area contributed by atoms with Crippen LogP contribution in [0.5, 0.6) is 0 Å². The number of quaternary nitrogens is 1. The Kier molecular flexibility index (Phi) is 59.5. The van der Waals surface area contributed by atoms with E-state index >= 15 is 0 Å². The molecule has 476 valence electrons. The number of ether oxygens (including phenoxy) is 1. The molecule has 0 aliphatic heterocycles. The second-order valence-electron chi connectivity index (χ2n) is 25.1. The number of hydrogen-bond donors (Lipinski definition) is 2. The third kappa shape index (κ3) is 62.3. The third-order valence-corrected chi connectivity index (χ3v) is 16.8. The first-order chi connectivity index (χ1) is 39.4. The highest BCUT2D eigenvalue weighted by Gasteiger charge is 2.30. The molecule has 0 aromatic heterocycles. The molecule has 3 atom stereocenters. The molecule has 10 heteroatoms. The molecule has 0 fully saturated rings. The number of nitrogens with zero attached hydrogens (tertiary/aromatic N) is 1. The topological polar surface area (TPSA) is 111 Å². The van der Waals surface area contributed by atoms with Gasteiger partial charge in [-0.2, -0.15) is 0 Å². The van der Waals surface area contributed by atoms with Gasteiger partial charge in [-0.25, -0.2) is 4.57 Å². The molecule has 0 aliphatic rings. The Morgan fingerprint density at radius 1 is 0.432 bits per heavy atom. The maximum atomic E-state index is 13.6. The van der Waals surface area contributed by atoms with Gasteiger partial charge in [0.1, 0.15) is 19.3 Å². The molecule has 0 bridgehead atoms. The van der Waals surface area contributed by atoms with Gasteiger partial charge in [-0.15, -0.1) is 0 Å². The summed E-state index contributed by atoms with van der Waals surface area (Å²) in [6.07, 6.45) is 76.8. The number of nitrogens with one attached hydrogen (secondary N) is 1. The summed E-state index contributed by atoms with van der Waals surface area (Å²) in [5, 5.41) is 3.07. The van der Waals surface area contributed by atoms with Crippen LogP contribution in [0.25, 0.3) is 0 Å². The van der Waals surface area contributed by atoms with E-state index in [0.29, 0.717) is 23.9 Å². The van der Waals surface area contributed by atoms with Crippen LogP contribution >= 0.6 is 7.82 Å². The summed E-state index contributed by atoms with van der Waals surface area (Å²) in [6, 6.07) is -0.851. The summed E-state index contributed by atoms with van der Waals surface area (Å²) in [5.41, 5.74) is 0. The quantitative estimate of drug-likeness (QED) is 0.0205. The van der Waals surface area contributed by atoms with Crippen molar-refractivity contribution >= 4 is 19.7 Å². The first-order valence-electron chi connectivity index (χ1n) is 35.0. The Morgan fingerprint density at radius 3 is 1.15 bits per heavy atom. The normalized spacial score (nSPS) is 13.8. The predicted molar refractivity (Wildman–Crippen MR) is 351 cm³/mol. The first kappa shape index (κ1) is 79.0. The Labute approximate surface area is 503 Å². The molecule has 0 aromatic carbocycles. The zero-order valence-corrected chi connectivity index (χ0v) is 55.4. The molecule has 0 aliphatic carbocycles. The van der Waals surface area contributed by atoms with Crippen LogP contribution in [0, 0.1) is 0 Å². The first-order valence-corrected chi connectivity index (χ1v) is 36.5. The van der Waals surface area contributed by atoms with Crippen LogP contribution in [0.1, 0.15) is 342 Å². The van der Waals surface area contributed by atoms with Crippen molar-refractivity contribution in [3.8, 4) is 0 Å². The van der Waals surface area contributed by atoms with Gasteiger partial charge in [0.2, 0.25) is 5.91 Å². The lowest BCUT2D eigenvalue weighted by atomic mass is 10.0. The minimum Gasteiger partial charge on any atom is -0.456 e. The highest BCUT2D eigenvalue weighted by Crippen LogP contribution is 2.43. The summed E-state index contributed by atoms with van der Waals surface area (Å²) < 4.78 is 30.8. The lowest BCUT2D eigenvalue weighted by Crippen LogP contribution is -2.47. The summed E-state index contributed by atoms with van der Waals surface area (Å²) in [6.45, 7) is 7.03. The number of likely N-dealkylation sites (N-methyl/N-ethyl adjacent to an activating group) is 1. The molecule has 81 heavy (non-hydrogen) atoms. The number of unbranched alkanes of at least 4 members (excludes halogenated alkanes) is 42. The molecule has 0 saturated carbocycles. The molecular formula is C71H136N2O7P+. The smallest absolute Gasteiger partial charge is 0.456 e. The number of hydrogen-bond acceptors (Lipinski definition) is 6. The number of carbonyl (C=O) groups excluding carboxylic acids is 2. The SMILES string of the molecule is CCCCC/C=C\C/C=C\C/C=C\CCCCCCCCCCC(=O)NC(COP(=O)(O)OCC[N+](C)(C)C)C(/C=C/CCCCCCCCCCCCC)OC(=O)CCCCCCCCCCCCCCCCCCCCCCC. The fourth-order valence-corrected chi connectivity index (χ4v) is 11.1. The van der Waals surface area contributed by atoms with Gasteiger partial charge >= 0.3 is 13.8 Å². The summed E-state index contributed by atoms with van der Waals surface area (Å²) in [5.74, 6) is -0.497. The van der Waals surface area contributed by atoms with E-state index < -0.39 is 20.0 Å². The highest BCUT2D eigenvalue weighted by atomic mass is 31.2. The Balaban J connectivity index is 5.14. The molecule has 0 rings (SSSR count). The standard InChI is InChI=1S/C71H135N2O7P/c1-7-10-13-16-19-22-25-28-30-32-34-36-38-40-42-45-48-51-54-57-60-63-70(74)72-68(67-79-81(76,77)78-66-65-73(4,5)6)69(62-59-56-53-50-47-44-27-24-21-18-15-12-9-3)80-71(75)64-61-58-55-52-49-46-43-41-39-37-35-33-31-29-26-23-20-17-14-11-8-2/h19,22,28,30,34,36,59,62,68-69H,7-18,20-21,23-27,29,31-33,35,37-58,60-61,63-67H2,1-6H3,(H-,72,74,76,77)/p+1/b22-19-,30-28-,36-34-,62-59+. The summed E-state index contributed by atoms with van der Waals surface area (Å²) in [4.78, 5) is 37.9. The van der Waals surface area contributed by atoms with E-state index in [-0.39, 0.29) is 25.1 Å². The summed E-state index contributed by atoms with van der Waals surface area (Å²) in [7, 11) is 1.50. The number of phosphoric ester groups is 1. The molecule has 3 unspecified atom stereocenters. The van der Waals surface area contributed by atoms with Gasteiger partial charge in [0.05, 0.1) is 33.8 Å². The van der Waals surface area contributed by atoms with Crippen molar-refractivity contribution < 1.29 is 37.3 Å². The zero-order chi connectivity index (χ0) is 59.3. The van der Waals surface area contributed by atoms with Crippen molar-refractivity contribution in [3.63, 3.8) is 0 Å². The summed E-state index contributed by atoms with van der Waals surface area (Å²) >= 11 is 0. The fraction of sp³-hybridized carbons (Fsp3) is 0.859. The molecule has 0 aromatic rings.